The summed E-state index contributed by atoms with van der Waals surface area (Å²) >= 11 is 0. The zero-order valence-electron chi connectivity index (χ0n) is 12.8. The highest BCUT2D eigenvalue weighted by atomic mass is 16.5. The monoisotopic (exact) mass is 302 g/mol. The predicted molar refractivity (Wildman–Crippen MR) is 84.7 cm³/mol. The SMILES string of the molecule is COC1(C(=O)NCCc2nc3ccccc3[nH]2)CCNCC1. The largest absolute Gasteiger partial charge is 0.368 e. The lowest BCUT2D eigenvalue weighted by Crippen LogP contribution is -2.54. The van der Waals surface area contributed by atoms with Gasteiger partial charge in [-0.2, -0.15) is 0 Å². The minimum atomic E-state index is -0.681. The van der Waals surface area contributed by atoms with Gasteiger partial charge >= 0.3 is 0 Å². The standard InChI is InChI=1S/C16H22N4O2/c1-22-16(7-10-17-11-8-16)15(21)18-9-6-14-19-12-4-2-3-5-13(12)20-14/h2-5,17H,6-11H2,1H3,(H,18,21)(H,19,20). The molecular formula is C16H22N4O2. The molecule has 2 heterocycles. The third-order valence-electron chi connectivity index (χ3n) is 4.30. The molecule has 6 nitrogen and oxygen atoms in total. The van der Waals surface area contributed by atoms with Crippen molar-refractivity contribution in [2.75, 3.05) is 26.7 Å². The molecule has 118 valence electrons. The number of hydrogen-bond acceptors (Lipinski definition) is 4. The van der Waals surface area contributed by atoms with Crippen LogP contribution in [0.4, 0.5) is 0 Å². The molecule has 0 saturated carbocycles. The van der Waals surface area contributed by atoms with Crippen LogP contribution in [0.3, 0.4) is 0 Å². The quantitative estimate of drug-likeness (QED) is 0.769. The van der Waals surface area contributed by atoms with Gasteiger partial charge in [0.05, 0.1) is 11.0 Å². The van der Waals surface area contributed by atoms with Gasteiger partial charge in [0.25, 0.3) is 5.91 Å². The van der Waals surface area contributed by atoms with Gasteiger partial charge in [-0.1, -0.05) is 12.1 Å². The van der Waals surface area contributed by atoms with Crippen LogP contribution in [0.2, 0.25) is 0 Å². The molecule has 1 saturated heterocycles. The molecular weight excluding hydrogens is 280 g/mol. The van der Waals surface area contributed by atoms with E-state index in [4.69, 9.17) is 4.74 Å². The topological polar surface area (TPSA) is 79.0 Å². The second kappa shape index (κ2) is 6.46. The number of ether oxygens (including phenoxy) is 1. The lowest BCUT2D eigenvalue weighted by Gasteiger charge is -2.34. The third-order valence-corrected chi connectivity index (χ3v) is 4.30. The molecule has 1 aliphatic rings. The fraction of sp³-hybridized carbons (Fsp3) is 0.500. The number of amides is 1. The van der Waals surface area contributed by atoms with Crippen LogP contribution in [0.5, 0.6) is 0 Å². The first-order valence-corrected chi connectivity index (χ1v) is 7.71. The summed E-state index contributed by atoms with van der Waals surface area (Å²) in [5, 5.41) is 6.24. The van der Waals surface area contributed by atoms with E-state index in [0.29, 0.717) is 25.8 Å². The minimum absolute atomic E-state index is 0.0207. The number of nitrogens with zero attached hydrogens (tertiary/aromatic N) is 1. The maximum Gasteiger partial charge on any atom is 0.252 e. The smallest absolute Gasteiger partial charge is 0.252 e. The normalized spacial score (nSPS) is 17.5. The summed E-state index contributed by atoms with van der Waals surface area (Å²) in [6.45, 7) is 2.17. The maximum absolute atomic E-state index is 12.4. The van der Waals surface area contributed by atoms with E-state index in [1.807, 2.05) is 24.3 Å². The van der Waals surface area contributed by atoms with Crippen LogP contribution in [0.1, 0.15) is 18.7 Å². The highest BCUT2D eigenvalue weighted by Gasteiger charge is 2.39. The van der Waals surface area contributed by atoms with Crippen molar-refractivity contribution in [1.82, 2.24) is 20.6 Å². The first-order valence-electron chi connectivity index (χ1n) is 7.71. The number of carbonyl (C=O) groups excluding carboxylic acids is 1. The predicted octanol–water partition coefficient (Wildman–Crippen LogP) is 0.990. The Hall–Kier alpha value is -1.92. The van der Waals surface area contributed by atoms with Gasteiger partial charge < -0.3 is 20.4 Å². The van der Waals surface area contributed by atoms with Crippen molar-refractivity contribution in [3.8, 4) is 0 Å². The number of hydrogen-bond donors (Lipinski definition) is 3. The van der Waals surface area contributed by atoms with Crippen molar-refractivity contribution in [3.05, 3.63) is 30.1 Å². The first kappa shape index (κ1) is 15.0. The van der Waals surface area contributed by atoms with Crippen molar-refractivity contribution in [3.63, 3.8) is 0 Å². The molecule has 0 spiro atoms. The Balaban J connectivity index is 1.56. The number of rotatable bonds is 5. The van der Waals surface area contributed by atoms with Crippen molar-refractivity contribution >= 4 is 16.9 Å². The molecule has 3 N–H and O–H groups in total. The highest BCUT2D eigenvalue weighted by molar-refractivity contribution is 5.85. The van der Waals surface area contributed by atoms with E-state index < -0.39 is 5.60 Å². The average Bonchev–Trinajstić information content (AvgIpc) is 2.98. The Morgan fingerprint density at radius 3 is 2.86 bits per heavy atom. The molecule has 6 heteroatoms. The number of carbonyl (C=O) groups is 1. The van der Waals surface area contributed by atoms with Gasteiger partial charge in [-0.05, 0) is 38.1 Å². The van der Waals surface area contributed by atoms with E-state index in [-0.39, 0.29) is 5.91 Å². The molecule has 1 aromatic carbocycles. The lowest BCUT2D eigenvalue weighted by molar-refractivity contribution is -0.146. The molecule has 0 unspecified atom stereocenters. The molecule has 3 rings (SSSR count). The molecule has 0 atom stereocenters. The summed E-state index contributed by atoms with van der Waals surface area (Å²) in [6, 6.07) is 7.92. The number of H-pyrrole nitrogens is 1. The maximum atomic E-state index is 12.4. The van der Waals surface area contributed by atoms with Crippen molar-refractivity contribution in [2.45, 2.75) is 24.9 Å². The summed E-state index contributed by atoms with van der Waals surface area (Å²) in [7, 11) is 1.62. The summed E-state index contributed by atoms with van der Waals surface area (Å²) in [4.78, 5) is 20.2. The van der Waals surface area contributed by atoms with Crippen LogP contribution in [-0.4, -0.2) is 48.2 Å². The number of benzene rings is 1. The van der Waals surface area contributed by atoms with Crippen LogP contribution < -0.4 is 10.6 Å². The molecule has 0 bridgehead atoms. The highest BCUT2D eigenvalue weighted by Crippen LogP contribution is 2.22. The van der Waals surface area contributed by atoms with Gasteiger partial charge in [0.15, 0.2) is 0 Å². The van der Waals surface area contributed by atoms with Crippen LogP contribution in [0.25, 0.3) is 11.0 Å². The molecule has 1 fully saturated rings. The second-order valence-corrected chi connectivity index (χ2v) is 5.65. The molecule has 1 amide bonds. The fourth-order valence-electron chi connectivity index (χ4n) is 2.93. The van der Waals surface area contributed by atoms with E-state index in [2.05, 4.69) is 20.6 Å². The van der Waals surface area contributed by atoms with Gasteiger partial charge in [0.1, 0.15) is 11.4 Å². The summed E-state index contributed by atoms with van der Waals surface area (Å²) in [5.41, 5.74) is 1.30. The lowest BCUT2D eigenvalue weighted by atomic mass is 9.91. The van der Waals surface area contributed by atoms with E-state index in [0.717, 1.165) is 29.9 Å². The zero-order chi connectivity index (χ0) is 15.4. The number of para-hydroxylation sites is 2. The molecule has 22 heavy (non-hydrogen) atoms. The van der Waals surface area contributed by atoms with Crippen molar-refractivity contribution < 1.29 is 9.53 Å². The number of nitrogens with one attached hydrogen (secondary N) is 3. The van der Waals surface area contributed by atoms with E-state index in [1.165, 1.54) is 0 Å². The van der Waals surface area contributed by atoms with Crippen LogP contribution >= 0.6 is 0 Å². The molecule has 0 radical (unpaired) electrons. The third kappa shape index (κ3) is 2.98. The molecule has 1 aromatic heterocycles. The molecule has 1 aliphatic heterocycles. The van der Waals surface area contributed by atoms with Gasteiger partial charge in [0.2, 0.25) is 0 Å². The summed E-state index contributed by atoms with van der Waals surface area (Å²) < 4.78 is 5.52. The molecule has 0 aliphatic carbocycles. The Bertz CT molecular complexity index is 613. The van der Waals surface area contributed by atoms with Crippen molar-refractivity contribution in [2.24, 2.45) is 0 Å². The van der Waals surface area contributed by atoms with Gasteiger partial charge in [-0.15, -0.1) is 0 Å². The fourth-order valence-corrected chi connectivity index (χ4v) is 2.93. The first-order chi connectivity index (χ1) is 10.7. The Morgan fingerprint density at radius 1 is 1.36 bits per heavy atom. The van der Waals surface area contributed by atoms with Crippen LogP contribution in [0, 0.1) is 0 Å². The number of fused-ring (bicyclic) bond motifs is 1. The Kier molecular flexibility index (Phi) is 4.40. The number of aromatic nitrogens is 2. The van der Waals surface area contributed by atoms with E-state index in [1.54, 1.807) is 7.11 Å². The van der Waals surface area contributed by atoms with Gasteiger partial charge in [-0.25, -0.2) is 4.98 Å². The van der Waals surface area contributed by atoms with Crippen molar-refractivity contribution in [1.29, 1.82) is 0 Å². The number of imidazole rings is 1. The number of piperidine rings is 1. The Morgan fingerprint density at radius 2 is 2.14 bits per heavy atom. The summed E-state index contributed by atoms with van der Waals surface area (Å²) in [5.74, 6) is 0.867. The van der Waals surface area contributed by atoms with Crippen LogP contribution in [-0.2, 0) is 16.0 Å². The van der Waals surface area contributed by atoms with Gasteiger partial charge in [-0.3, -0.25) is 4.79 Å². The van der Waals surface area contributed by atoms with Crippen LogP contribution in [0.15, 0.2) is 24.3 Å². The molecule has 2 aromatic rings. The average molecular weight is 302 g/mol. The minimum Gasteiger partial charge on any atom is -0.368 e. The second-order valence-electron chi connectivity index (χ2n) is 5.65. The summed E-state index contributed by atoms with van der Waals surface area (Å²) in [6.07, 6.45) is 2.10. The Labute approximate surface area is 129 Å². The van der Waals surface area contributed by atoms with Gasteiger partial charge in [0, 0.05) is 20.1 Å². The number of aromatic amines is 1. The van der Waals surface area contributed by atoms with E-state index >= 15 is 0 Å². The number of methoxy groups -OCH3 is 1. The van der Waals surface area contributed by atoms with E-state index in [9.17, 15) is 4.79 Å². The zero-order valence-corrected chi connectivity index (χ0v) is 12.8.